The van der Waals surface area contributed by atoms with E-state index in [4.69, 9.17) is 9.47 Å². The maximum absolute atomic E-state index is 12.6. The number of amides is 2. The van der Waals surface area contributed by atoms with Gasteiger partial charge in [0.2, 0.25) is 6.79 Å². The van der Waals surface area contributed by atoms with Crippen LogP contribution < -0.4 is 24.8 Å². The highest BCUT2D eigenvalue weighted by molar-refractivity contribution is 7.93. The van der Waals surface area contributed by atoms with Gasteiger partial charge in [-0.05, 0) is 49.4 Å². The molecule has 1 aliphatic heterocycles. The molecule has 0 aliphatic carbocycles. The molecule has 0 atom stereocenters. The molecular formula is C22H18N4O5S2. The van der Waals surface area contributed by atoms with Gasteiger partial charge in [0.25, 0.3) is 10.0 Å². The van der Waals surface area contributed by atoms with Gasteiger partial charge in [0.15, 0.2) is 16.6 Å². The van der Waals surface area contributed by atoms with Crippen molar-refractivity contribution in [2.45, 2.75) is 11.8 Å². The van der Waals surface area contributed by atoms with Gasteiger partial charge < -0.3 is 20.1 Å². The number of nitrogens with zero attached hydrogens (tertiary/aromatic N) is 1. The molecule has 11 heteroatoms. The van der Waals surface area contributed by atoms with Crippen molar-refractivity contribution in [1.29, 1.82) is 0 Å². The van der Waals surface area contributed by atoms with E-state index >= 15 is 0 Å². The Morgan fingerprint density at radius 3 is 2.42 bits per heavy atom. The number of aryl methyl sites for hydroxylation is 1. The minimum absolute atomic E-state index is 0.156. The van der Waals surface area contributed by atoms with Crippen molar-refractivity contribution in [3.05, 3.63) is 66.2 Å². The number of nitrogens with one attached hydrogen (secondary N) is 3. The van der Waals surface area contributed by atoms with Gasteiger partial charge in [0.05, 0.1) is 15.1 Å². The summed E-state index contributed by atoms with van der Waals surface area (Å²) in [5.41, 5.74) is 2.68. The normalized spacial score (nSPS) is 12.5. The van der Waals surface area contributed by atoms with Crippen molar-refractivity contribution >= 4 is 54.1 Å². The van der Waals surface area contributed by atoms with Crippen LogP contribution in [0.25, 0.3) is 10.2 Å². The first kappa shape index (κ1) is 21.0. The van der Waals surface area contributed by atoms with Gasteiger partial charge >= 0.3 is 6.03 Å². The number of benzene rings is 3. The van der Waals surface area contributed by atoms with Crippen molar-refractivity contribution in [2.24, 2.45) is 0 Å². The zero-order chi connectivity index (χ0) is 23.0. The Bertz CT molecular complexity index is 1470. The van der Waals surface area contributed by atoms with Gasteiger partial charge in [-0.1, -0.05) is 29.0 Å². The van der Waals surface area contributed by atoms with E-state index in [9.17, 15) is 13.2 Å². The summed E-state index contributed by atoms with van der Waals surface area (Å²) < 4.78 is 39.0. The molecular weight excluding hydrogens is 464 g/mol. The Balaban J connectivity index is 1.29. The molecule has 2 heterocycles. The molecule has 2 amide bonds. The first-order valence-electron chi connectivity index (χ1n) is 9.83. The lowest BCUT2D eigenvalue weighted by Crippen LogP contribution is -2.19. The second-order valence-corrected chi connectivity index (χ2v) is 9.98. The number of fused-ring (bicyclic) bond motifs is 2. The van der Waals surface area contributed by atoms with Gasteiger partial charge in [0, 0.05) is 17.4 Å². The van der Waals surface area contributed by atoms with Crippen LogP contribution in [0.4, 0.5) is 21.3 Å². The number of hydrogen-bond acceptors (Lipinski definition) is 7. The average Bonchev–Trinajstić information content (AvgIpc) is 3.39. The molecule has 0 saturated carbocycles. The van der Waals surface area contributed by atoms with Crippen LogP contribution in [0, 0.1) is 6.92 Å². The first-order chi connectivity index (χ1) is 15.9. The van der Waals surface area contributed by atoms with Gasteiger partial charge in [0.1, 0.15) is 0 Å². The third kappa shape index (κ3) is 4.54. The molecule has 3 aromatic carbocycles. The standard InChI is InChI=1S/C22H18N4O5S2/c1-13-2-6-16(7-3-13)33(28,29)26-22-25-17-8-4-15(11-20(17)32-22)24-21(27)23-14-5-9-18-19(10-14)31-12-30-18/h2-11H,12H2,1H3,(H,25,26)(H2,23,24,27). The summed E-state index contributed by atoms with van der Waals surface area (Å²) in [5, 5.41) is 5.74. The number of thiazole rings is 1. The van der Waals surface area contributed by atoms with Crippen LogP contribution in [0.3, 0.4) is 0 Å². The van der Waals surface area contributed by atoms with Crippen molar-refractivity contribution in [2.75, 3.05) is 22.1 Å². The average molecular weight is 483 g/mol. The lowest BCUT2D eigenvalue weighted by Gasteiger charge is -2.08. The Morgan fingerprint density at radius 1 is 0.939 bits per heavy atom. The molecule has 5 rings (SSSR count). The second kappa shape index (κ2) is 8.26. The maximum atomic E-state index is 12.6. The van der Waals surface area contributed by atoms with E-state index in [0.717, 1.165) is 10.3 Å². The van der Waals surface area contributed by atoms with E-state index in [0.29, 0.717) is 28.4 Å². The maximum Gasteiger partial charge on any atom is 0.323 e. The summed E-state index contributed by atoms with van der Waals surface area (Å²) >= 11 is 1.18. The minimum atomic E-state index is -3.75. The molecule has 3 N–H and O–H groups in total. The van der Waals surface area contributed by atoms with Crippen LogP contribution in [0.1, 0.15) is 5.56 Å². The summed E-state index contributed by atoms with van der Waals surface area (Å²) in [6.07, 6.45) is 0. The lowest BCUT2D eigenvalue weighted by atomic mass is 10.2. The molecule has 1 aromatic heterocycles. The summed E-state index contributed by atoms with van der Waals surface area (Å²) in [6, 6.07) is 16.4. The van der Waals surface area contributed by atoms with Gasteiger partial charge in [-0.2, -0.15) is 0 Å². The molecule has 9 nitrogen and oxygen atoms in total. The Labute approximate surface area is 193 Å². The number of hydrogen-bond donors (Lipinski definition) is 3. The number of carbonyl (C=O) groups excluding carboxylic acids is 1. The fourth-order valence-electron chi connectivity index (χ4n) is 3.21. The Hall–Kier alpha value is -3.83. The molecule has 4 aromatic rings. The molecule has 33 heavy (non-hydrogen) atoms. The molecule has 168 valence electrons. The van der Waals surface area contributed by atoms with Crippen molar-refractivity contribution in [1.82, 2.24) is 4.98 Å². The van der Waals surface area contributed by atoms with E-state index in [1.807, 2.05) is 6.92 Å². The SMILES string of the molecule is Cc1ccc(S(=O)(=O)Nc2nc3ccc(NC(=O)Nc4ccc5c(c4)OCO5)cc3s2)cc1. The van der Waals surface area contributed by atoms with E-state index in [2.05, 4.69) is 20.3 Å². The van der Waals surface area contributed by atoms with Crippen molar-refractivity contribution in [3.63, 3.8) is 0 Å². The number of carbonyl (C=O) groups is 1. The summed E-state index contributed by atoms with van der Waals surface area (Å²) in [5.74, 6) is 1.20. The van der Waals surface area contributed by atoms with Gasteiger partial charge in [-0.15, -0.1) is 0 Å². The second-order valence-electron chi connectivity index (χ2n) is 7.27. The minimum Gasteiger partial charge on any atom is -0.454 e. The number of urea groups is 1. The predicted octanol–water partition coefficient (Wildman–Crippen LogP) is 4.78. The van der Waals surface area contributed by atoms with Crippen LogP contribution >= 0.6 is 11.3 Å². The highest BCUT2D eigenvalue weighted by Crippen LogP contribution is 2.34. The number of aromatic nitrogens is 1. The quantitative estimate of drug-likeness (QED) is 0.377. The van der Waals surface area contributed by atoms with Crippen LogP contribution in [0.15, 0.2) is 65.6 Å². The molecule has 0 saturated heterocycles. The molecule has 0 radical (unpaired) electrons. The van der Waals surface area contributed by atoms with Gasteiger partial charge in [-0.3, -0.25) is 4.72 Å². The molecule has 0 bridgehead atoms. The van der Waals surface area contributed by atoms with Crippen LogP contribution in [-0.2, 0) is 10.0 Å². The van der Waals surface area contributed by atoms with Crippen LogP contribution in [0.2, 0.25) is 0 Å². The van der Waals surface area contributed by atoms with Crippen molar-refractivity contribution in [3.8, 4) is 11.5 Å². The zero-order valence-electron chi connectivity index (χ0n) is 17.3. The highest BCUT2D eigenvalue weighted by atomic mass is 32.2. The van der Waals surface area contributed by atoms with Crippen LogP contribution in [-0.4, -0.2) is 26.2 Å². The van der Waals surface area contributed by atoms with E-state index in [1.165, 1.54) is 11.3 Å². The first-order valence-corrected chi connectivity index (χ1v) is 12.1. The zero-order valence-corrected chi connectivity index (χ0v) is 18.9. The topological polar surface area (TPSA) is 119 Å². The summed E-state index contributed by atoms with van der Waals surface area (Å²) in [7, 11) is -3.75. The highest BCUT2D eigenvalue weighted by Gasteiger charge is 2.17. The number of anilines is 3. The third-order valence-electron chi connectivity index (χ3n) is 4.83. The molecule has 0 fully saturated rings. The summed E-state index contributed by atoms with van der Waals surface area (Å²) in [4.78, 5) is 16.9. The van der Waals surface area contributed by atoms with Crippen LogP contribution in [0.5, 0.6) is 11.5 Å². The smallest absolute Gasteiger partial charge is 0.323 e. The summed E-state index contributed by atoms with van der Waals surface area (Å²) in [6.45, 7) is 2.04. The largest absolute Gasteiger partial charge is 0.454 e. The van der Waals surface area contributed by atoms with E-state index < -0.39 is 16.1 Å². The van der Waals surface area contributed by atoms with E-state index in [-0.39, 0.29) is 16.8 Å². The molecule has 1 aliphatic rings. The molecule has 0 unspecified atom stereocenters. The fraction of sp³-hybridized carbons (Fsp3) is 0.0909. The predicted molar refractivity (Wildman–Crippen MR) is 127 cm³/mol. The monoisotopic (exact) mass is 482 g/mol. The van der Waals surface area contributed by atoms with E-state index in [1.54, 1.807) is 60.7 Å². The number of ether oxygens (including phenoxy) is 2. The fourth-order valence-corrected chi connectivity index (χ4v) is 5.35. The lowest BCUT2D eigenvalue weighted by molar-refractivity contribution is 0.174. The number of sulfonamides is 1. The van der Waals surface area contributed by atoms with Crippen molar-refractivity contribution < 1.29 is 22.7 Å². The Morgan fingerprint density at radius 2 is 1.64 bits per heavy atom. The number of rotatable bonds is 5. The molecule has 0 spiro atoms. The van der Waals surface area contributed by atoms with Gasteiger partial charge in [-0.25, -0.2) is 18.2 Å². The third-order valence-corrected chi connectivity index (χ3v) is 7.25. The Kier molecular flexibility index (Phi) is 5.27.